The van der Waals surface area contributed by atoms with Gasteiger partial charge in [0.25, 0.3) is 0 Å². The Bertz CT molecular complexity index is 963. The van der Waals surface area contributed by atoms with Crippen molar-refractivity contribution in [1.29, 1.82) is 0 Å². The second-order valence-corrected chi connectivity index (χ2v) is 9.92. The van der Waals surface area contributed by atoms with Crippen LogP contribution in [0.2, 0.25) is 0 Å². The number of thioether (sulfide) groups is 1. The Balaban J connectivity index is 1.87. The summed E-state index contributed by atoms with van der Waals surface area (Å²) in [5.41, 5.74) is 8.90. The van der Waals surface area contributed by atoms with E-state index in [1.54, 1.807) is 11.8 Å². The monoisotopic (exact) mass is 481 g/mol. The number of nitrogens with two attached hydrogens (primary N) is 1. The largest absolute Gasteiger partial charge is 0.394 e. The maximum absolute atomic E-state index is 9.74. The molecule has 28 heavy (non-hydrogen) atoms. The molecule has 1 aromatic carbocycles. The van der Waals surface area contributed by atoms with Crippen molar-refractivity contribution in [3.63, 3.8) is 0 Å². The average molecular weight is 482 g/mol. The number of nitrogens with one attached hydrogen (secondary N) is 1. The summed E-state index contributed by atoms with van der Waals surface area (Å²) in [5, 5.41) is 14.2. The zero-order valence-electron chi connectivity index (χ0n) is 16.1. The van der Waals surface area contributed by atoms with E-state index in [0.717, 1.165) is 21.3 Å². The van der Waals surface area contributed by atoms with Crippen molar-refractivity contribution in [2.75, 3.05) is 17.7 Å². The topological polar surface area (TPSA) is 97.0 Å². The quantitative estimate of drug-likeness (QED) is 0.312. The number of fused-ring (bicyclic) bond motifs is 1. The van der Waals surface area contributed by atoms with E-state index in [1.165, 1.54) is 22.5 Å². The fourth-order valence-electron chi connectivity index (χ4n) is 2.88. The maximum atomic E-state index is 9.74. The lowest BCUT2D eigenvalue weighted by Gasteiger charge is -2.19. The lowest BCUT2D eigenvalue weighted by Crippen LogP contribution is -2.26. The Kier molecular flexibility index (Phi) is 7.14. The molecule has 4 N–H and O–H groups in total. The third-order valence-corrected chi connectivity index (χ3v) is 6.68. The second-order valence-electron chi connectivity index (χ2n) is 7.10. The van der Waals surface area contributed by atoms with Crippen LogP contribution in [-0.2, 0) is 5.75 Å². The van der Waals surface area contributed by atoms with Gasteiger partial charge < -0.3 is 16.2 Å². The predicted molar refractivity (Wildman–Crippen MR) is 122 cm³/mol. The van der Waals surface area contributed by atoms with Gasteiger partial charge in [-0.2, -0.15) is 0 Å². The smallest absolute Gasteiger partial charge is 0.191 e. The highest BCUT2D eigenvalue weighted by molar-refractivity contribution is 9.10. The van der Waals surface area contributed by atoms with Crippen LogP contribution in [0.15, 0.2) is 27.8 Å². The molecule has 0 saturated heterocycles. The zero-order valence-corrected chi connectivity index (χ0v) is 19.3. The van der Waals surface area contributed by atoms with Crippen molar-refractivity contribution in [2.24, 2.45) is 5.92 Å². The molecule has 2 aromatic heterocycles. The summed E-state index contributed by atoms with van der Waals surface area (Å²) < 4.78 is 1.89. The third kappa shape index (κ3) is 5.34. The molecule has 1 unspecified atom stereocenters. The van der Waals surface area contributed by atoms with Crippen molar-refractivity contribution in [3.8, 4) is 0 Å². The number of nitrogen functional groups attached to an aromatic ring is 1. The lowest BCUT2D eigenvalue weighted by atomic mass is 10.0. The summed E-state index contributed by atoms with van der Waals surface area (Å²) in [7, 11) is 0. The highest BCUT2D eigenvalue weighted by atomic mass is 79.9. The molecule has 6 nitrogen and oxygen atoms in total. The molecule has 0 amide bonds. The minimum Gasteiger partial charge on any atom is -0.394 e. The number of rotatable bonds is 8. The van der Waals surface area contributed by atoms with Gasteiger partial charge in [0.15, 0.2) is 21.8 Å². The Morgan fingerprint density at radius 1 is 1.29 bits per heavy atom. The lowest BCUT2D eigenvalue weighted by molar-refractivity contribution is 0.259. The van der Waals surface area contributed by atoms with Gasteiger partial charge in [-0.25, -0.2) is 15.0 Å². The number of aromatic nitrogens is 3. The first-order valence-corrected chi connectivity index (χ1v) is 11.6. The average Bonchev–Trinajstić information content (AvgIpc) is 3.02. The molecule has 0 aliphatic carbocycles. The van der Waals surface area contributed by atoms with Crippen LogP contribution >= 0.6 is 39.0 Å². The molecule has 0 bridgehead atoms. The van der Waals surface area contributed by atoms with E-state index in [-0.39, 0.29) is 12.6 Å². The van der Waals surface area contributed by atoms with E-state index in [9.17, 15) is 5.11 Å². The summed E-state index contributed by atoms with van der Waals surface area (Å²) in [5.74, 6) is 1.88. The normalized spacial score (nSPS) is 12.6. The van der Waals surface area contributed by atoms with Gasteiger partial charge in [0, 0.05) is 10.2 Å². The predicted octanol–water partition coefficient (Wildman–Crippen LogP) is 4.85. The first-order chi connectivity index (χ1) is 13.4. The van der Waals surface area contributed by atoms with Crippen LogP contribution in [0.1, 0.15) is 31.4 Å². The number of thiazole rings is 1. The van der Waals surface area contributed by atoms with Gasteiger partial charge in [-0.15, -0.1) is 0 Å². The number of hydrogen-bond acceptors (Lipinski definition) is 8. The molecule has 3 aromatic rings. The highest BCUT2D eigenvalue weighted by Gasteiger charge is 2.17. The number of benzene rings is 1. The first-order valence-electron chi connectivity index (χ1n) is 9.05. The molecule has 0 saturated carbocycles. The number of anilines is 2. The van der Waals surface area contributed by atoms with E-state index in [4.69, 9.17) is 10.7 Å². The van der Waals surface area contributed by atoms with Crippen LogP contribution in [0.5, 0.6) is 0 Å². The molecule has 0 spiro atoms. The highest BCUT2D eigenvalue weighted by Crippen LogP contribution is 2.33. The van der Waals surface area contributed by atoms with Gasteiger partial charge in [0.2, 0.25) is 0 Å². The Morgan fingerprint density at radius 3 is 2.79 bits per heavy atom. The summed E-state index contributed by atoms with van der Waals surface area (Å²) >= 11 is 6.52. The standard InChI is InChI=1S/C19H24BrN5OS2/c1-10(2)6-13(8-26)22-16-15-17(23-18(21)28-15)25-19(24-16)27-9-12-7-11(3)4-5-14(12)20/h4-5,7,10,13,26H,6,8-9H2,1-3H3,(H3,21,22,23,24,25). The van der Waals surface area contributed by atoms with Crippen molar-refractivity contribution in [2.45, 2.75) is 44.1 Å². The number of aryl methyl sites for hydroxylation is 1. The summed E-state index contributed by atoms with van der Waals surface area (Å²) in [4.78, 5) is 13.6. The molecule has 150 valence electrons. The minimum absolute atomic E-state index is 0.0384. The van der Waals surface area contributed by atoms with Gasteiger partial charge in [-0.05, 0) is 30.9 Å². The second kappa shape index (κ2) is 9.39. The van der Waals surface area contributed by atoms with Crippen LogP contribution in [0, 0.1) is 12.8 Å². The number of nitrogens with zero attached hydrogens (tertiary/aromatic N) is 3. The molecule has 3 rings (SSSR count). The van der Waals surface area contributed by atoms with Crippen molar-refractivity contribution in [3.05, 3.63) is 33.8 Å². The number of aliphatic hydroxyl groups excluding tert-OH is 1. The Labute approximate surface area is 181 Å². The van der Waals surface area contributed by atoms with E-state index in [2.05, 4.69) is 70.2 Å². The van der Waals surface area contributed by atoms with Gasteiger partial charge in [-0.1, -0.05) is 70.6 Å². The van der Waals surface area contributed by atoms with Gasteiger partial charge in [-0.3, -0.25) is 0 Å². The van der Waals surface area contributed by atoms with E-state index in [0.29, 0.717) is 27.7 Å². The Hall–Kier alpha value is -1.42. The molecule has 9 heteroatoms. The minimum atomic E-state index is -0.0785. The number of halogens is 1. The molecular weight excluding hydrogens is 458 g/mol. The Morgan fingerprint density at radius 2 is 2.07 bits per heavy atom. The number of aliphatic hydroxyl groups is 1. The van der Waals surface area contributed by atoms with E-state index >= 15 is 0 Å². The number of hydrogen-bond donors (Lipinski definition) is 3. The molecular formula is C19H24BrN5OS2. The first kappa shape index (κ1) is 21.3. The van der Waals surface area contributed by atoms with Gasteiger partial charge in [0.1, 0.15) is 4.70 Å². The van der Waals surface area contributed by atoms with Gasteiger partial charge >= 0.3 is 0 Å². The summed E-state index contributed by atoms with van der Waals surface area (Å²) in [6.45, 7) is 6.38. The van der Waals surface area contributed by atoms with Crippen LogP contribution in [0.3, 0.4) is 0 Å². The van der Waals surface area contributed by atoms with Crippen LogP contribution in [-0.4, -0.2) is 32.7 Å². The van der Waals surface area contributed by atoms with E-state index in [1.807, 2.05) is 0 Å². The van der Waals surface area contributed by atoms with Gasteiger partial charge in [0.05, 0.1) is 12.6 Å². The molecule has 2 heterocycles. The summed E-state index contributed by atoms with van der Waals surface area (Å²) in [6.07, 6.45) is 0.842. The third-order valence-electron chi connectivity index (χ3n) is 4.13. The fourth-order valence-corrected chi connectivity index (χ4v) is 5.01. The van der Waals surface area contributed by atoms with Crippen molar-refractivity contribution in [1.82, 2.24) is 15.0 Å². The van der Waals surface area contributed by atoms with Crippen LogP contribution < -0.4 is 11.1 Å². The zero-order chi connectivity index (χ0) is 20.3. The maximum Gasteiger partial charge on any atom is 0.191 e. The fraction of sp³-hybridized carbons (Fsp3) is 0.421. The molecule has 0 radical (unpaired) electrons. The van der Waals surface area contributed by atoms with Crippen LogP contribution in [0.4, 0.5) is 10.9 Å². The molecule has 1 atom stereocenters. The van der Waals surface area contributed by atoms with Crippen LogP contribution in [0.25, 0.3) is 10.3 Å². The van der Waals surface area contributed by atoms with Crippen molar-refractivity contribution >= 4 is 60.3 Å². The van der Waals surface area contributed by atoms with Crippen molar-refractivity contribution < 1.29 is 5.11 Å². The van der Waals surface area contributed by atoms with E-state index < -0.39 is 0 Å². The SMILES string of the molecule is Cc1ccc(Br)c(CSc2nc(NC(CO)CC(C)C)c3sc(N)nc3n2)c1. The molecule has 0 aliphatic rings. The molecule has 0 fully saturated rings. The molecule has 0 aliphatic heterocycles. The summed E-state index contributed by atoms with van der Waals surface area (Å²) in [6, 6.07) is 6.21.